The third-order valence-electron chi connectivity index (χ3n) is 1.86. The molecule has 0 atom stereocenters. The van der Waals surface area contributed by atoms with Gasteiger partial charge in [0.05, 0.1) is 12.9 Å². The minimum absolute atomic E-state index is 0.958. The summed E-state index contributed by atoms with van der Waals surface area (Å²) in [6.45, 7) is 6.29. The van der Waals surface area contributed by atoms with Crippen molar-refractivity contribution < 1.29 is 0 Å². The van der Waals surface area contributed by atoms with Crippen molar-refractivity contribution in [3.63, 3.8) is 0 Å². The minimum Gasteiger partial charge on any atom is -0.375 e. The van der Waals surface area contributed by atoms with Gasteiger partial charge in [0, 0.05) is 45.5 Å². The maximum atomic E-state index is 3.85. The van der Waals surface area contributed by atoms with E-state index in [9.17, 15) is 0 Å². The topological polar surface area (TPSA) is 72.8 Å². The Morgan fingerprint density at radius 1 is 1.00 bits per heavy atom. The summed E-state index contributed by atoms with van der Waals surface area (Å²) >= 11 is 0. The molecule has 3 aliphatic rings. The van der Waals surface area contributed by atoms with Crippen LogP contribution in [0.25, 0.3) is 0 Å². The van der Waals surface area contributed by atoms with Crippen molar-refractivity contribution in [1.29, 1.82) is 0 Å². The normalized spacial score (nSPS) is 20.8. The number of hydrogen-bond acceptors (Lipinski definition) is 6. The van der Waals surface area contributed by atoms with E-state index in [0.29, 0.717) is 0 Å². The molecule has 1 fully saturated rings. The van der Waals surface area contributed by atoms with Crippen LogP contribution in [0.4, 0.5) is 0 Å². The van der Waals surface area contributed by atoms with Gasteiger partial charge < -0.3 is 21.4 Å². The SMILES string of the molecule is C1=NCCN1.C1=NNCC1.C1CNCN1. The van der Waals surface area contributed by atoms with Gasteiger partial charge in [-0.25, -0.2) is 0 Å². The summed E-state index contributed by atoms with van der Waals surface area (Å²) in [4.78, 5) is 3.85. The molecule has 0 bridgehead atoms. The fourth-order valence-corrected chi connectivity index (χ4v) is 1.09. The molecule has 0 amide bonds. The van der Waals surface area contributed by atoms with Crippen molar-refractivity contribution in [2.75, 3.05) is 39.4 Å². The van der Waals surface area contributed by atoms with Crippen LogP contribution >= 0.6 is 0 Å². The molecular weight excluding hydrogens is 192 g/mol. The smallest absolute Gasteiger partial charge is 0.0825 e. The van der Waals surface area contributed by atoms with E-state index in [0.717, 1.165) is 45.8 Å². The van der Waals surface area contributed by atoms with Crippen molar-refractivity contribution in [2.45, 2.75) is 6.42 Å². The van der Waals surface area contributed by atoms with Gasteiger partial charge in [-0.3, -0.25) is 4.99 Å². The van der Waals surface area contributed by atoms with E-state index in [1.54, 1.807) is 6.34 Å². The third-order valence-corrected chi connectivity index (χ3v) is 1.86. The van der Waals surface area contributed by atoms with Gasteiger partial charge in [0.2, 0.25) is 0 Å². The number of nitrogens with zero attached hydrogens (tertiary/aromatic N) is 2. The fraction of sp³-hybridized carbons (Fsp3) is 0.778. The van der Waals surface area contributed by atoms with Crippen molar-refractivity contribution in [1.82, 2.24) is 21.4 Å². The van der Waals surface area contributed by atoms with Gasteiger partial charge in [0.25, 0.3) is 0 Å². The molecule has 0 spiro atoms. The van der Waals surface area contributed by atoms with Crippen LogP contribution in [0.2, 0.25) is 0 Å². The zero-order valence-electron chi connectivity index (χ0n) is 9.00. The largest absolute Gasteiger partial charge is 0.375 e. The summed E-state index contributed by atoms with van der Waals surface area (Å²) in [6.07, 6.45) is 4.71. The highest BCUT2D eigenvalue weighted by atomic mass is 15.3. The number of hydrazone groups is 1. The first-order chi connectivity index (χ1) is 7.50. The molecule has 6 heteroatoms. The predicted octanol–water partition coefficient (Wildman–Crippen LogP) is -1.28. The molecule has 0 aromatic rings. The van der Waals surface area contributed by atoms with Gasteiger partial charge in [-0.2, -0.15) is 5.10 Å². The number of rotatable bonds is 0. The van der Waals surface area contributed by atoms with E-state index >= 15 is 0 Å². The Hall–Kier alpha value is -1.14. The molecule has 0 saturated carbocycles. The lowest BCUT2D eigenvalue weighted by Crippen LogP contribution is -2.11. The highest BCUT2D eigenvalue weighted by Crippen LogP contribution is 1.75. The van der Waals surface area contributed by atoms with Crippen LogP contribution in [0.5, 0.6) is 0 Å². The summed E-state index contributed by atoms with van der Waals surface area (Å²) in [7, 11) is 0. The molecule has 15 heavy (non-hydrogen) atoms. The molecule has 1 saturated heterocycles. The molecule has 0 aromatic heterocycles. The Balaban J connectivity index is 0.000000112. The van der Waals surface area contributed by atoms with Crippen molar-refractivity contribution in [3.05, 3.63) is 0 Å². The van der Waals surface area contributed by atoms with Crippen LogP contribution in [0, 0.1) is 0 Å². The lowest BCUT2D eigenvalue weighted by Gasteiger charge is -1.77. The molecule has 3 aliphatic heterocycles. The second-order valence-corrected chi connectivity index (χ2v) is 3.17. The van der Waals surface area contributed by atoms with E-state index in [2.05, 4.69) is 31.5 Å². The Bertz CT molecular complexity index is 151. The number of hydrogen-bond donors (Lipinski definition) is 4. The summed E-state index contributed by atoms with van der Waals surface area (Å²) in [5.41, 5.74) is 2.79. The van der Waals surface area contributed by atoms with Gasteiger partial charge in [0.15, 0.2) is 0 Å². The molecule has 0 aliphatic carbocycles. The first kappa shape index (κ1) is 11.9. The van der Waals surface area contributed by atoms with Crippen LogP contribution in [-0.2, 0) is 0 Å². The summed E-state index contributed by atoms with van der Waals surface area (Å²) in [5, 5.41) is 12.9. The first-order valence-electron chi connectivity index (χ1n) is 5.37. The maximum Gasteiger partial charge on any atom is 0.0825 e. The lowest BCUT2D eigenvalue weighted by atomic mass is 10.5. The Labute approximate surface area is 90.6 Å². The van der Waals surface area contributed by atoms with Gasteiger partial charge in [-0.1, -0.05) is 0 Å². The van der Waals surface area contributed by atoms with Crippen LogP contribution < -0.4 is 21.4 Å². The van der Waals surface area contributed by atoms with Crippen LogP contribution in [-0.4, -0.2) is 51.9 Å². The Morgan fingerprint density at radius 3 is 2.07 bits per heavy atom. The van der Waals surface area contributed by atoms with Crippen LogP contribution in [0.15, 0.2) is 10.1 Å². The summed E-state index contributed by atoms with van der Waals surface area (Å²) in [6, 6.07) is 0. The number of aliphatic imine (C=N–C) groups is 1. The zero-order chi connectivity index (χ0) is 10.6. The Morgan fingerprint density at radius 2 is 1.87 bits per heavy atom. The fourth-order valence-electron chi connectivity index (χ4n) is 1.09. The summed E-state index contributed by atoms with van der Waals surface area (Å²) in [5.74, 6) is 0. The van der Waals surface area contributed by atoms with Gasteiger partial charge in [-0.05, 0) is 0 Å². The lowest BCUT2D eigenvalue weighted by molar-refractivity contribution is 0.807. The molecule has 4 N–H and O–H groups in total. The molecule has 3 rings (SSSR count). The third kappa shape index (κ3) is 7.90. The van der Waals surface area contributed by atoms with Crippen LogP contribution in [0.3, 0.4) is 0 Å². The van der Waals surface area contributed by atoms with E-state index < -0.39 is 0 Å². The highest BCUT2D eigenvalue weighted by Gasteiger charge is 1.90. The molecule has 0 radical (unpaired) electrons. The first-order valence-corrected chi connectivity index (χ1v) is 5.37. The molecule has 0 unspecified atom stereocenters. The van der Waals surface area contributed by atoms with Crippen molar-refractivity contribution >= 4 is 12.6 Å². The summed E-state index contributed by atoms with van der Waals surface area (Å²) < 4.78 is 0. The quantitative estimate of drug-likeness (QED) is 0.403. The Kier molecular flexibility index (Phi) is 7.49. The van der Waals surface area contributed by atoms with E-state index in [1.165, 1.54) is 0 Å². The minimum atomic E-state index is 0.958. The standard InChI is InChI=1S/C3H8N2.2C3H6N2/c2*1-2-5-3-4-1;1-2-4-5-3-1/h4-5H,1-3H2;3H,1-2H2,(H,4,5);2,5H,1,3H2. The molecule has 86 valence electrons. The zero-order valence-corrected chi connectivity index (χ0v) is 9.00. The monoisotopic (exact) mass is 212 g/mol. The van der Waals surface area contributed by atoms with Crippen LogP contribution in [0.1, 0.15) is 6.42 Å². The van der Waals surface area contributed by atoms with Gasteiger partial charge in [-0.15, -0.1) is 0 Å². The van der Waals surface area contributed by atoms with Crippen molar-refractivity contribution in [2.24, 2.45) is 10.1 Å². The predicted molar refractivity (Wildman–Crippen MR) is 63.3 cm³/mol. The van der Waals surface area contributed by atoms with E-state index in [4.69, 9.17) is 0 Å². The molecule has 3 heterocycles. The maximum absolute atomic E-state index is 3.85. The average Bonchev–Trinajstić information content (AvgIpc) is 3.09. The van der Waals surface area contributed by atoms with E-state index in [-0.39, 0.29) is 0 Å². The van der Waals surface area contributed by atoms with Gasteiger partial charge in [0.1, 0.15) is 0 Å². The second-order valence-electron chi connectivity index (χ2n) is 3.17. The number of nitrogens with one attached hydrogen (secondary N) is 4. The molecular formula is C9H20N6. The van der Waals surface area contributed by atoms with E-state index in [1.807, 2.05) is 6.21 Å². The average molecular weight is 212 g/mol. The molecule has 6 nitrogen and oxygen atoms in total. The molecule has 0 aromatic carbocycles. The van der Waals surface area contributed by atoms with Gasteiger partial charge >= 0.3 is 0 Å². The van der Waals surface area contributed by atoms with Crippen molar-refractivity contribution in [3.8, 4) is 0 Å². The second kappa shape index (κ2) is 9.42. The highest BCUT2D eigenvalue weighted by molar-refractivity contribution is 5.58.